The Morgan fingerprint density at radius 3 is 2.91 bits per heavy atom. The first-order chi connectivity index (χ1) is 5.27. The lowest BCUT2D eigenvalue weighted by atomic mass is 10.0. The van der Waals surface area contributed by atoms with E-state index in [2.05, 4.69) is 36.7 Å². The quantitative estimate of drug-likeness (QED) is 0.497. The average molecular weight is 148 g/mol. The second-order valence-electron chi connectivity index (χ2n) is 3.58. The molecule has 0 amide bonds. The van der Waals surface area contributed by atoms with E-state index < -0.39 is 0 Å². The number of nitrogens with zero attached hydrogens (tertiary/aromatic N) is 1. The van der Waals surface area contributed by atoms with E-state index in [-0.39, 0.29) is 0 Å². The van der Waals surface area contributed by atoms with Crippen molar-refractivity contribution >= 4 is 5.71 Å². The molecule has 0 aliphatic carbocycles. The van der Waals surface area contributed by atoms with Gasteiger partial charge in [-0.05, 0) is 12.0 Å². The van der Waals surface area contributed by atoms with Crippen LogP contribution in [0.25, 0.3) is 0 Å². The maximum absolute atomic E-state index is 2.41. The fourth-order valence-corrected chi connectivity index (χ4v) is 1.61. The van der Waals surface area contributed by atoms with Crippen LogP contribution in [-0.4, -0.2) is 23.4 Å². The van der Waals surface area contributed by atoms with Crippen LogP contribution in [0.15, 0.2) is 23.8 Å². The smallest absolute Gasteiger partial charge is 0.200 e. The van der Waals surface area contributed by atoms with Crippen LogP contribution in [0.5, 0.6) is 0 Å². The summed E-state index contributed by atoms with van der Waals surface area (Å²) in [5, 5.41) is 0. The van der Waals surface area contributed by atoms with Crippen molar-refractivity contribution in [1.29, 1.82) is 0 Å². The van der Waals surface area contributed by atoms with Crippen LogP contribution in [0.1, 0.15) is 13.8 Å². The number of allylic oxidation sites excluding steroid dienone is 2. The van der Waals surface area contributed by atoms with Crippen molar-refractivity contribution in [1.82, 2.24) is 0 Å². The van der Waals surface area contributed by atoms with Gasteiger partial charge in [-0.15, -0.1) is 0 Å². The Balaban J connectivity index is 2.20. The number of hydrogen-bond acceptors (Lipinski definition) is 0. The van der Waals surface area contributed by atoms with E-state index in [1.54, 1.807) is 5.57 Å². The van der Waals surface area contributed by atoms with Crippen molar-refractivity contribution in [3.63, 3.8) is 0 Å². The largest absolute Gasteiger partial charge is 0.222 e. The van der Waals surface area contributed by atoms with E-state index in [4.69, 9.17) is 0 Å². The third-order valence-corrected chi connectivity index (χ3v) is 2.43. The van der Waals surface area contributed by atoms with E-state index in [1.165, 1.54) is 5.71 Å². The van der Waals surface area contributed by atoms with Crippen molar-refractivity contribution in [2.24, 2.45) is 5.92 Å². The summed E-state index contributed by atoms with van der Waals surface area (Å²) in [4.78, 5) is 0. The van der Waals surface area contributed by atoms with Gasteiger partial charge < -0.3 is 0 Å². The van der Waals surface area contributed by atoms with Gasteiger partial charge in [-0.1, -0.05) is 13.8 Å². The summed E-state index contributed by atoms with van der Waals surface area (Å²) in [5.74, 6) is 0.710. The highest BCUT2D eigenvalue weighted by Gasteiger charge is 2.24. The molecule has 0 unspecified atom stereocenters. The van der Waals surface area contributed by atoms with E-state index in [0.717, 1.165) is 13.1 Å². The molecule has 0 saturated heterocycles. The van der Waals surface area contributed by atoms with Gasteiger partial charge in [0.2, 0.25) is 5.71 Å². The molecule has 0 radical (unpaired) electrons. The van der Waals surface area contributed by atoms with E-state index in [0.29, 0.717) is 5.92 Å². The molecule has 0 fully saturated rings. The van der Waals surface area contributed by atoms with Crippen molar-refractivity contribution in [3.8, 4) is 0 Å². The first kappa shape index (κ1) is 6.84. The molecule has 2 aliphatic rings. The van der Waals surface area contributed by atoms with Crippen molar-refractivity contribution in [3.05, 3.63) is 23.8 Å². The molecule has 1 nitrogen and oxygen atoms in total. The first-order valence-corrected chi connectivity index (χ1v) is 4.26. The zero-order chi connectivity index (χ0) is 7.84. The summed E-state index contributed by atoms with van der Waals surface area (Å²) >= 11 is 0. The first-order valence-electron chi connectivity index (χ1n) is 4.26. The van der Waals surface area contributed by atoms with Gasteiger partial charge in [0, 0.05) is 17.7 Å². The van der Waals surface area contributed by atoms with Gasteiger partial charge in [-0.25, -0.2) is 4.58 Å². The number of hydrogen-bond donors (Lipinski definition) is 0. The topological polar surface area (TPSA) is 3.01 Å². The summed E-state index contributed by atoms with van der Waals surface area (Å²) in [5.41, 5.74) is 2.98. The Morgan fingerprint density at radius 2 is 2.27 bits per heavy atom. The Bertz CT molecular complexity index is 267. The van der Waals surface area contributed by atoms with Crippen LogP contribution in [0, 0.1) is 5.92 Å². The maximum Gasteiger partial charge on any atom is 0.200 e. The highest BCUT2D eigenvalue weighted by Crippen LogP contribution is 2.17. The molecule has 0 atom stereocenters. The van der Waals surface area contributed by atoms with Crippen LogP contribution >= 0.6 is 0 Å². The normalized spacial score (nSPS) is 21.5. The summed E-state index contributed by atoms with van der Waals surface area (Å²) in [6.45, 7) is 6.79. The molecule has 0 saturated carbocycles. The molecule has 2 heterocycles. The van der Waals surface area contributed by atoms with Gasteiger partial charge in [0.15, 0.2) is 13.1 Å². The van der Waals surface area contributed by atoms with Gasteiger partial charge in [-0.2, -0.15) is 0 Å². The van der Waals surface area contributed by atoms with Gasteiger partial charge in [-0.3, -0.25) is 0 Å². The summed E-state index contributed by atoms with van der Waals surface area (Å²) in [6, 6.07) is 0. The highest BCUT2D eigenvalue weighted by atomic mass is 15.0. The van der Waals surface area contributed by atoms with Crippen molar-refractivity contribution in [2.75, 3.05) is 13.1 Å². The average Bonchev–Trinajstić information content (AvgIpc) is 2.40. The second-order valence-corrected chi connectivity index (χ2v) is 3.58. The van der Waals surface area contributed by atoms with E-state index >= 15 is 0 Å². The van der Waals surface area contributed by atoms with Gasteiger partial charge in [0.25, 0.3) is 0 Å². The minimum absolute atomic E-state index is 0.710. The van der Waals surface area contributed by atoms with Crippen molar-refractivity contribution < 1.29 is 4.58 Å². The van der Waals surface area contributed by atoms with Crippen molar-refractivity contribution in [2.45, 2.75) is 13.8 Å². The molecule has 2 rings (SSSR count). The zero-order valence-electron chi connectivity index (χ0n) is 7.17. The lowest BCUT2D eigenvalue weighted by Crippen LogP contribution is -2.12. The molecule has 0 spiro atoms. The molecule has 1 heteroatoms. The predicted molar refractivity (Wildman–Crippen MR) is 47.1 cm³/mol. The Kier molecular flexibility index (Phi) is 1.45. The third-order valence-electron chi connectivity index (χ3n) is 2.43. The molecular formula is C10H14N+. The standard InChI is InChI=1S/C10H14N/c1-8(2)9-6-10-4-3-5-11(10)7-9/h3-4,6,8H,5,7H2,1-2H3/q+1. The van der Waals surface area contributed by atoms with E-state index in [1.807, 2.05) is 0 Å². The van der Waals surface area contributed by atoms with Crippen LogP contribution in [-0.2, 0) is 0 Å². The highest BCUT2D eigenvalue weighted by molar-refractivity contribution is 6.02. The lowest BCUT2D eigenvalue weighted by molar-refractivity contribution is -0.501. The minimum Gasteiger partial charge on any atom is -0.222 e. The van der Waals surface area contributed by atoms with Gasteiger partial charge in [0.05, 0.1) is 0 Å². The molecule has 58 valence electrons. The van der Waals surface area contributed by atoms with E-state index in [9.17, 15) is 0 Å². The summed E-state index contributed by atoms with van der Waals surface area (Å²) < 4.78 is 2.41. The lowest BCUT2D eigenvalue weighted by Gasteiger charge is -2.02. The Morgan fingerprint density at radius 1 is 1.45 bits per heavy atom. The fraction of sp³-hybridized carbons (Fsp3) is 0.500. The predicted octanol–water partition coefficient (Wildman–Crippen LogP) is 1.61. The molecule has 0 aromatic carbocycles. The molecule has 0 N–H and O–H groups in total. The minimum atomic E-state index is 0.710. The molecule has 11 heavy (non-hydrogen) atoms. The molecule has 2 aliphatic heterocycles. The van der Waals surface area contributed by atoms with Crippen LogP contribution in [0.2, 0.25) is 0 Å². The third kappa shape index (κ3) is 1.05. The number of rotatable bonds is 1. The van der Waals surface area contributed by atoms with Gasteiger partial charge >= 0.3 is 0 Å². The maximum atomic E-state index is 2.41. The van der Waals surface area contributed by atoms with Crippen LogP contribution < -0.4 is 0 Å². The Hall–Kier alpha value is -0.850. The van der Waals surface area contributed by atoms with Crippen LogP contribution in [0.3, 0.4) is 0 Å². The summed E-state index contributed by atoms with van der Waals surface area (Å²) in [6.07, 6.45) is 6.77. The SMILES string of the molecule is CC(C)C1=CC2=[N+](CC=C2)C1. The fourth-order valence-electron chi connectivity index (χ4n) is 1.61. The van der Waals surface area contributed by atoms with Gasteiger partial charge in [0.1, 0.15) is 0 Å². The Labute approximate surface area is 67.7 Å². The molecule has 0 bridgehead atoms. The zero-order valence-corrected chi connectivity index (χ0v) is 7.17. The molecular weight excluding hydrogens is 134 g/mol. The second kappa shape index (κ2) is 2.33. The molecule has 0 aromatic rings. The summed E-state index contributed by atoms with van der Waals surface area (Å²) in [7, 11) is 0. The molecule has 0 aromatic heterocycles. The van der Waals surface area contributed by atoms with Crippen LogP contribution in [0.4, 0.5) is 0 Å². The monoisotopic (exact) mass is 148 g/mol.